The fourth-order valence-corrected chi connectivity index (χ4v) is 1.44. The molecule has 6 heteroatoms. The third kappa shape index (κ3) is 5.44. The van der Waals surface area contributed by atoms with Gasteiger partial charge in [0.2, 0.25) is 5.91 Å². The molecule has 0 fully saturated rings. The summed E-state index contributed by atoms with van der Waals surface area (Å²) in [5, 5.41) is 2.71. The summed E-state index contributed by atoms with van der Waals surface area (Å²) in [4.78, 5) is 11.2. The van der Waals surface area contributed by atoms with Gasteiger partial charge in [-0.3, -0.25) is 4.79 Å². The number of carbonyl (C=O) groups excluding carboxylic acids is 1. The fraction of sp³-hybridized carbons (Fsp3) is 0.417. The molecule has 0 radical (unpaired) electrons. The van der Waals surface area contributed by atoms with Crippen LogP contribution in [0.15, 0.2) is 24.3 Å². The number of ether oxygens (including phenoxy) is 1. The molecule has 0 heterocycles. The Balaban J connectivity index is 0.00000289. The van der Waals surface area contributed by atoms with Gasteiger partial charge in [-0.1, -0.05) is 12.1 Å². The molecule has 1 amide bonds. The second kappa shape index (κ2) is 8.85. The molecule has 0 spiro atoms. The van der Waals surface area contributed by atoms with Crippen LogP contribution in [0.5, 0.6) is 0 Å². The number of methoxy groups -OCH3 is 1. The Bertz CT molecular complexity index is 360. The Labute approximate surface area is 112 Å². The zero-order chi connectivity index (χ0) is 12.7. The number of benzene rings is 1. The quantitative estimate of drug-likeness (QED) is 0.825. The van der Waals surface area contributed by atoms with Crippen LogP contribution < -0.4 is 11.1 Å². The van der Waals surface area contributed by atoms with E-state index in [-0.39, 0.29) is 30.2 Å². The van der Waals surface area contributed by atoms with E-state index in [1.807, 2.05) is 0 Å². The maximum absolute atomic E-state index is 12.7. The van der Waals surface area contributed by atoms with Crippen molar-refractivity contribution in [2.45, 2.75) is 12.5 Å². The summed E-state index contributed by atoms with van der Waals surface area (Å²) in [6.07, 6.45) is 0.0113. The lowest BCUT2D eigenvalue weighted by Gasteiger charge is -2.16. The number of nitrogens with one attached hydrogen (secondary N) is 1. The van der Waals surface area contributed by atoms with Crippen molar-refractivity contribution in [3.63, 3.8) is 0 Å². The van der Waals surface area contributed by atoms with Crippen molar-refractivity contribution < 1.29 is 13.9 Å². The van der Waals surface area contributed by atoms with Crippen LogP contribution in [0.2, 0.25) is 0 Å². The Kier molecular flexibility index (Phi) is 8.28. The van der Waals surface area contributed by atoms with E-state index in [9.17, 15) is 9.18 Å². The molecule has 1 aromatic carbocycles. The molecule has 0 aliphatic heterocycles. The summed E-state index contributed by atoms with van der Waals surface area (Å²) < 4.78 is 18.0. The molecular formula is C12H18ClFN2O2. The Morgan fingerprint density at radius 2 is 2.06 bits per heavy atom. The van der Waals surface area contributed by atoms with Gasteiger partial charge in [-0.2, -0.15) is 0 Å². The van der Waals surface area contributed by atoms with Crippen LogP contribution >= 0.6 is 12.4 Å². The molecule has 1 atom stereocenters. The molecule has 0 bridgehead atoms. The standard InChI is InChI=1S/C12H17FN2O2.ClH/c1-17-11(8-15-12(16)6-7-14)9-2-4-10(13)5-3-9;/h2-5,11H,6-8,14H2,1H3,(H,15,16);1H. The van der Waals surface area contributed by atoms with E-state index in [4.69, 9.17) is 10.5 Å². The molecule has 3 N–H and O–H groups in total. The van der Waals surface area contributed by atoms with Gasteiger partial charge >= 0.3 is 0 Å². The van der Waals surface area contributed by atoms with Crippen LogP contribution in [0.4, 0.5) is 4.39 Å². The minimum Gasteiger partial charge on any atom is -0.375 e. The Morgan fingerprint density at radius 3 is 2.56 bits per heavy atom. The monoisotopic (exact) mass is 276 g/mol. The number of hydrogen-bond donors (Lipinski definition) is 2. The van der Waals surface area contributed by atoms with Crippen molar-refractivity contribution in [2.75, 3.05) is 20.2 Å². The highest BCUT2D eigenvalue weighted by atomic mass is 35.5. The normalized spacial score (nSPS) is 11.5. The van der Waals surface area contributed by atoms with Crippen molar-refractivity contribution in [3.05, 3.63) is 35.6 Å². The average Bonchev–Trinajstić information content (AvgIpc) is 2.32. The first-order chi connectivity index (χ1) is 8.17. The molecule has 102 valence electrons. The first-order valence-corrected chi connectivity index (χ1v) is 5.42. The van der Waals surface area contributed by atoms with E-state index in [1.165, 1.54) is 12.1 Å². The largest absolute Gasteiger partial charge is 0.375 e. The first kappa shape index (κ1) is 16.8. The molecule has 0 aliphatic rings. The molecule has 1 aromatic rings. The van der Waals surface area contributed by atoms with Crippen molar-refractivity contribution in [1.82, 2.24) is 5.32 Å². The van der Waals surface area contributed by atoms with Crippen LogP contribution in [0.25, 0.3) is 0 Å². The minimum atomic E-state index is -0.296. The molecule has 1 rings (SSSR count). The van der Waals surface area contributed by atoms with Crippen molar-refractivity contribution in [2.24, 2.45) is 5.73 Å². The number of hydrogen-bond acceptors (Lipinski definition) is 3. The van der Waals surface area contributed by atoms with Crippen LogP contribution in [0, 0.1) is 5.82 Å². The van der Waals surface area contributed by atoms with Crippen LogP contribution in [-0.2, 0) is 9.53 Å². The number of amides is 1. The zero-order valence-electron chi connectivity index (χ0n) is 10.2. The number of nitrogens with two attached hydrogens (primary N) is 1. The van der Waals surface area contributed by atoms with Gasteiger partial charge < -0.3 is 15.8 Å². The summed E-state index contributed by atoms with van der Waals surface area (Å²) in [5.41, 5.74) is 6.08. The Morgan fingerprint density at radius 1 is 1.44 bits per heavy atom. The molecule has 0 aliphatic carbocycles. The van der Waals surface area contributed by atoms with Crippen LogP contribution in [-0.4, -0.2) is 26.1 Å². The van der Waals surface area contributed by atoms with Gasteiger partial charge in [-0.25, -0.2) is 4.39 Å². The van der Waals surface area contributed by atoms with E-state index in [1.54, 1.807) is 19.2 Å². The van der Waals surface area contributed by atoms with E-state index in [2.05, 4.69) is 5.32 Å². The lowest BCUT2D eigenvalue weighted by atomic mass is 10.1. The summed E-state index contributed by atoms with van der Waals surface area (Å²) in [7, 11) is 1.54. The van der Waals surface area contributed by atoms with E-state index in [0.717, 1.165) is 5.56 Å². The molecule has 1 unspecified atom stereocenters. The minimum absolute atomic E-state index is 0. The molecule has 18 heavy (non-hydrogen) atoms. The maximum Gasteiger partial charge on any atom is 0.221 e. The van der Waals surface area contributed by atoms with Gasteiger partial charge in [-0.15, -0.1) is 12.4 Å². The number of carbonyl (C=O) groups is 1. The summed E-state index contributed by atoms with van der Waals surface area (Å²) >= 11 is 0. The van der Waals surface area contributed by atoms with E-state index in [0.29, 0.717) is 19.5 Å². The molecule has 0 saturated carbocycles. The van der Waals surface area contributed by atoms with Gasteiger partial charge in [-0.05, 0) is 17.7 Å². The van der Waals surface area contributed by atoms with Crippen molar-refractivity contribution in [1.29, 1.82) is 0 Å². The first-order valence-electron chi connectivity index (χ1n) is 5.42. The van der Waals surface area contributed by atoms with E-state index >= 15 is 0 Å². The smallest absolute Gasteiger partial charge is 0.221 e. The number of rotatable bonds is 6. The Hall–Kier alpha value is -1.17. The van der Waals surface area contributed by atoms with Gasteiger partial charge in [0.15, 0.2) is 0 Å². The number of halogens is 2. The van der Waals surface area contributed by atoms with Gasteiger partial charge in [0.25, 0.3) is 0 Å². The zero-order valence-corrected chi connectivity index (χ0v) is 11.0. The SMILES string of the molecule is COC(CNC(=O)CCN)c1ccc(F)cc1.Cl. The molecular weight excluding hydrogens is 259 g/mol. The third-order valence-electron chi connectivity index (χ3n) is 2.38. The third-order valence-corrected chi connectivity index (χ3v) is 2.38. The lowest BCUT2D eigenvalue weighted by molar-refractivity contribution is -0.121. The topological polar surface area (TPSA) is 64.3 Å². The molecule has 0 saturated heterocycles. The van der Waals surface area contributed by atoms with Gasteiger partial charge in [0.1, 0.15) is 5.82 Å². The fourth-order valence-electron chi connectivity index (χ4n) is 1.44. The second-order valence-electron chi connectivity index (χ2n) is 3.62. The molecule has 0 aromatic heterocycles. The van der Waals surface area contributed by atoms with Gasteiger partial charge in [0.05, 0.1) is 6.10 Å². The lowest BCUT2D eigenvalue weighted by Crippen LogP contribution is -2.30. The highest BCUT2D eigenvalue weighted by molar-refractivity contribution is 5.85. The molecule has 4 nitrogen and oxygen atoms in total. The van der Waals surface area contributed by atoms with Crippen molar-refractivity contribution in [3.8, 4) is 0 Å². The maximum atomic E-state index is 12.7. The highest BCUT2D eigenvalue weighted by Gasteiger charge is 2.11. The summed E-state index contributed by atoms with van der Waals surface area (Å²) in [5.74, 6) is -0.410. The van der Waals surface area contributed by atoms with Crippen molar-refractivity contribution >= 4 is 18.3 Å². The predicted octanol–water partition coefficient (Wildman–Crippen LogP) is 1.40. The average molecular weight is 277 g/mol. The van der Waals surface area contributed by atoms with Gasteiger partial charge in [0, 0.05) is 26.6 Å². The second-order valence-corrected chi connectivity index (χ2v) is 3.62. The van der Waals surface area contributed by atoms with Crippen LogP contribution in [0.3, 0.4) is 0 Å². The van der Waals surface area contributed by atoms with E-state index < -0.39 is 0 Å². The van der Waals surface area contributed by atoms with Crippen LogP contribution in [0.1, 0.15) is 18.1 Å². The summed E-state index contributed by atoms with van der Waals surface area (Å²) in [6.45, 7) is 0.668. The highest BCUT2D eigenvalue weighted by Crippen LogP contribution is 2.15. The predicted molar refractivity (Wildman–Crippen MR) is 70.1 cm³/mol. The summed E-state index contributed by atoms with van der Waals surface area (Å²) in [6, 6.07) is 6.00.